The van der Waals surface area contributed by atoms with Gasteiger partial charge in [-0.05, 0) is 24.3 Å². The van der Waals surface area contributed by atoms with Crippen molar-refractivity contribution in [1.82, 2.24) is 9.97 Å². The van der Waals surface area contributed by atoms with Gasteiger partial charge in [0.25, 0.3) is 5.91 Å². The monoisotopic (exact) mass is 343 g/mol. The first-order valence-electron chi connectivity index (χ1n) is 7.16. The third-order valence-corrected chi connectivity index (χ3v) is 5.02. The maximum Gasteiger partial charge on any atom is 0.270 e. The van der Waals surface area contributed by atoms with E-state index in [0.717, 1.165) is 17.2 Å². The molecule has 24 heavy (non-hydrogen) atoms. The van der Waals surface area contributed by atoms with Crippen molar-refractivity contribution in [3.05, 3.63) is 48.4 Å². The number of fused-ring (bicyclic) bond motifs is 2. The lowest BCUT2D eigenvalue weighted by Crippen LogP contribution is -2.30. The molecule has 8 heteroatoms. The fraction of sp³-hybridized carbons (Fsp3) is 0.125. The summed E-state index contributed by atoms with van der Waals surface area (Å²) in [7, 11) is -3.36. The minimum atomic E-state index is -3.36. The number of carbonyl (C=O) groups excluding carboxylic acids is 1. The van der Waals surface area contributed by atoms with E-state index in [1.54, 1.807) is 24.7 Å². The molecule has 0 spiro atoms. The molecule has 0 fully saturated rings. The van der Waals surface area contributed by atoms with Crippen LogP contribution in [0.25, 0.3) is 10.9 Å². The van der Waals surface area contributed by atoms with Crippen LogP contribution in [0.3, 0.4) is 0 Å². The molecule has 4 rings (SSSR count). The second-order valence-corrected chi connectivity index (χ2v) is 7.60. The standard InChI is InChI=1S/C16H13N3O4S/c1-24(21,22)9-2-3-14-12(6-9)19-16(20)15(23-14)11-7-17-8-13-10(11)4-5-18-13/h2-8,15,18H,1H3,(H,19,20). The Kier molecular flexibility index (Phi) is 3.10. The summed E-state index contributed by atoms with van der Waals surface area (Å²) in [6, 6.07) is 6.25. The molecule has 0 bridgehead atoms. The fourth-order valence-electron chi connectivity index (χ4n) is 2.74. The number of H-pyrrole nitrogens is 1. The number of rotatable bonds is 2. The van der Waals surface area contributed by atoms with Gasteiger partial charge in [-0.25, -0.2) is 8.42 Å². The molecular formula is C16H13N3O4S. The van der Waals surface area contributed by atoms with Gasteiger partial charge in [0.2, 0.25) is 6.10 Å². The molecule has 1 amide bonds. The molecule has 0 aliphatic carbocycles. The summed E-state index contributed by atoms with van der Waals surface area (Å²) in [5.74, 6) is 0.0446. The number of nitrogens with one attached hydrogen (secondary N) is 2. The topological polar surface area (TPSA) is 101 Å². The minimum absolute atomic E-state index is 0.123. The number of benzene rings is 1. The van der Waals surface area contributed by atoms with Crippen molar-refractivity contribution in [2.75, 3.05) is 11.6 Å². The third kappa shape index (κ3) is 2.31. The molecule has 1 atom stereocenters. The number of hydrogen-bond acceptors (Lipinski definition) is 5. The molecule has 0 saturated carbocycles. The molecule has 1 aromatic carbocycles. The summed E-state index contributed by atoms with van der Waals surface area (Å²) in [6.45, 7) is 0. The lowest BCUT2D eigenvalue weighted by atomic mass is 10.1. The van der Waals surface area contributed by atoms with E-state index in [9.17, 15) is 13.2 Å². The van der Waals surface area contributed by atoms with Crippen LogP contribution in [0.15, 0.2) is 47.8 Å². The number of aromatic nitrogens is 2. The van der Waals surface area contributed by atoms with E-state index >= 15 is 0 Å². The van der Waals surface area contributed by atoms with Crippen LogP contribution in [0.1, 0.15) is 11.7 Å². The Labute approximate surface area is 137 Å². The zero-order valence-electron chi connectivity index (χ0n) is 12.6. The number of ether oxygens (including phenoxy) is 1. The smallest absolute Gasteiger partial charge is 0.270 e. The van der Waals surface area contributed by atoms with Crippen molar-refractivity contribution in [3.8, 4) is 5.75 Å². The Balaban J connectivity index is 1.77. The molecule has 1 aliphatic rings. The van der Waals surface area contributed by atoms with Crippen LogP contribution in [0.2, 0.25) is 0 Å². The first kappa shape index (κ1) is 14.7. The number of pyridine rings is 1. The summed E-state index contributed by atoms with van der Waals surface area (Å²) >= 11 is 0. The number of sulfone groups is 1. The zero-order chi connectivity index (χ0) is 16.9. The van der Waals surface area contributed by atoms with Gasteiger partial charge in [-0.15, -0.1) is 0 Å². The number of anilines is 1. The highest BCUT2D eigenvalue weighted by Crippen LogP contribution is 2.37. The molecule has 3 aromatic rings. The zero-order valence-corrected chi connectivity index (χ0v) is 13.4. The molecule has 7 nitrogen and oxygen atoms in total. The van der Waals surface area contributed by atoms with E-state index in [4.69, 9.17) is 4.74 Å². The molecule has 122 valence electrons. The third-order valence-electron chi connectivity index (χ3n) is 3.91. The highest BCUT2D eigenvalue weighted by atomic mass is 32.2. The Morgan fingerprint density at radius 3 is 2.83 bits per heavy atom. The van der Waals surface area contributed by atoms with E-state index in [-0.39, 0.29) is 10.8 Å². The van der Waals surface area contributed by atoms with Gasteiger partial charge in [-0.3, -0.25) is 9.78 Å². The number of hydrogen-bond donors (Lipinski definition) is 2. The van der Waals surface area contributed by atoms with Crippen molar-refractivity contribution < 1.29 is 17.9 Å². The SMILES string of the molecule is CS(=O)(=O)c1ccc2c(c1)NC(=O)C(c1cncc3[nH]ccc13)O2. The average Bonchev–Trinajstić information content (AvgIpc) is 3.01. The van der Waals surface area contributed by atoms with Gasteiger partial charge in [-0.2, -0.15) is 0 Å². The average molecular weight is 343 g/mol. The summed E-state index contributed by atoms with van der Waals surface area (Å²) in [5, 5.41) is 3.56. The second-order valence-electron chi connectivity index (χ2n) is 5.58. The van der Waals surface area contributed by atoms with Crippen LogP contribution in [0.5, 0.6) is 5.75 Å². The summed E-state index contributed by atoms with van der Waals surface area (Å²) in [4.78, 5) is 19.8. The predicted molar refractivity (Wildman–Crippen MR) is 87.6 cm³/mol. The van der Waals surface area contributed by atoms with Crippen LogP contribution >= 0.6 is 0 Å². The molecule has 3 heterocycles. The summed E-state index contributed by atoms with van der Waals surface area (Å²) in [5.41, 5.74) is 1.79. The lowest BCUT2D eigenvalue weighted by Gasteiger charge is -2.26. The van der Waals surface area contributed by atoms with E-state index in [0.29, 0.717) is 17.0 Å². The Morgan fingerprint density at radius 2 is 2.04 bits per heavy atom. The van der Waals surface area contributed by atoms with E-state index < -0.39 is 15.9 Å². The Morgan fingerprint density at radius 1 is 1.21 bits per heavy atom. The van der Waals surface area contributed by atoms with Gasteiger partial charge < -0.3 is 15.0 Å². The van der Waals surface area contributed by atoms with Gasteiger partial charge >= 0.3 is 0 Å². The normalized spacial score (nSPS) is 17.2. The first-order chi connectivity index (χ1) is 11.4. The second kappa shape index (κ2) is 5.07. The summed E-state index contributed by atoms with van der Waals surface area (Å²) in [6.07, 6.45) is 5.29. The van der Waals surface area contributed by atoms with E-state index in [2.05, 4.69) is 15.3 Å². The van der Waals surface area contributed by atoms with Crippen LogP contribution in [-0.2, 0) is 14.6 Å². The summed E-state index contributed by atoms with van der Waals surface area (Å²) < 4.78 is 29.1. The highest BCUT2D eigenvalue weighted by molar-refractivity contribution is 7.90. The predicted octanol–water partition coefficient (Wildman–Crippen LogP) is 2.04. The molecule has 2 aromatic heterocycles. The number of carbonyl (C=O) groups is 1. The van der Waals surface area contributed by atoms with E-state index in [1.807, 2.05) is 6.07 Å². The van der Waals surface area contributed by atoms with Gasteiger partial charge in [0.05, 0.1) is 22.3 Å². The van der Waals surface area contributed by atoms with Crippen LogP contribution < -0.4 is 10.1 Å². The van der Waals surface area contributed by atoms with E-state index in [1.165, 1.54) is 12.1 Å². The van der Waals surface area contributed by atoms with Crippen LogP contribution in [0, 0.1) is 0 Å². The number of aromatic amines is 1. The highest BCUT2D eigenvalue weighted by Gasteiger charge is 2.31. The molecular weight excluding hydrogens is 330 g/mol. The molecule has 1 aliphatic heterocycles. The van der Waals surface area contributed by atoms with Gasteiger partial charge in [0.15, 0.2) is 9.84 Å². The Hall–Kier alpha value is -2.87. The quantitative estimate of drug-likeness (QED) is 0.741. The van der Waals surface area contributed by atoms with Gasteiger partial charge in [0, 0.05) is 29.6 Å². The lowest BCUT2D eigenvalue weighted by molar-refractivity contribution is -0.123. The van der Waals surface area contributed by atoms with Crippen molar-refractivity contribution in [2.45, 2.75) is 11.0 Å². The fourth-order valence-corrected chi connectivity index (χ4v) is 3.38. The first-order valence-corrected chi connectivity index (χ1v) is 9.05. The maximum atomic E-state index is 12.5. The largest absolute Gasteiger partial charge is 0.474 e. The van der Waals surface area contributed by atoms with Crippen molar-refractivity contribution in [1.29, 1.82) is 0 Å². The minimum Gasteiger partial charge on any atom is -0.474 e. The van der Waals surface area contributed by atoms with Crippen LogP contribution in [0.4, 0.5) is 5.69 Å². The number of nitrogens with zero attached hydrogens (tertiary/aromatic N) is 1. The van der Waals surface area contributed by atoms with Crippen molar-refractivity contribution in [3.63, 3.8) is 0 Å². The molecule has 0 saturated heterocycles. The Bertz CT molecular complexity index is 1070. The molecule has 2 N–H and O–H groups in total. The molecule has 1 unspecified atom stereocenters. The number of amides is 1. The van der Waals surface area contributed by atoms with Gasteiger partial charge in [0.1, 0.15) is 5.75 Å². The van der Waals surface area contributed by atoms with Crippen molar-refractivity contribution in [2.24, 2.45) is 0 Å². The maximum absolute atomic E-state index is 12.5. The van der Waals surface area contributed by atoms with Crippen LogP contribution in [-0.4, -0.2) is 30.5 Å². The molecule has 0 radical (unpaired) electrons. The van der Waals surface area contributed by atoms with Crippen molar-refractivity contribution >= 4 is 32.3 Å². The van der Waals surface area contributed by atoms with Gasteiger partial charge in [-0.1, -0.05) is 0 Å².